The van der Waals surface area contributed by atoms with E-state index in [-0.39, 0.29) is 18.8 Å². The zero-order valence-corrected chi connectivity index (χ0v) is 9.87. The minimum Gasteiger partial charge on any atom is -0.388 e. The standard InChI is InChI=1S/C13H17F2NO/c1-9-4-7-16-8-11(9)12(17)10-2-5-13(14,15)6-3-10/h4,7-8,10,12,17H,2-3,5-6H2,1H3. The van der Waals surface area contributed by atoms with E-state index >= 15 is 0 Å². The van der Waals surface area contributed by atoms with E-state index in [1.54, 1.807) is 12.4 Å². The van der Waals surface area contributed by atoms with Crippen molar-refractivity contribution in [1.82, 2.24) is 4.98 Å². The van der Waals surface area contributed by atoms with E-state index in [4.69, 9.17) is 0 Å². The Bertz CT molecular complexity index is 385. The second-order valence-electron chi connectivity index (χ2n) is 4.87. The maximum Gasteiger partial charge on any atom is 0.248 e. The predicted octanol–water partition coefficient (Wildman–Crippen LogP) is 3.25. The molecule has 0 radical (unpaired) electrons. The summed E-state index contributed by atoms with van der Waals surface area (Å²) in [5.41, 5.74) is 1.73. The molecule has 1 aliphatic rings. The monoisotopic (exact) mass is 241 g/mol. The molecule has 0 saturated heterocycles. The molecule has 1 unspecified atom stereocenters. The minimum absolute atomic E-state index is 0.0717. The number of aromatic nitrogens is 1. The minimum atomic E-state index is -2.54. The van der Waals surface area contributed by atoms with Gasteiger partial charge in [-0.05, 0) is 37.3 Å². The highest BCUT2D eigenvalue weighted by Crippen LogP contribution is 2.41. The van der Waals surface area contributed by atoms with Gasteiger partial charge in [-0.1, -0.05) is 0 Å². The quantitative estimate of drug-likeness (QED) is 0.862. The van der Waals surface area contributed by atoms with Crippen molar-refractivity contribution in [1.29, 1.82) is 0 Å². The van der Waals surface area contributed by atoms with Crippen LogP contribution in [0.2, 0.25) is 0 Å². The highest BCUT2D eigenvalue weighted by molar-refractivity contribution is 5.24. The van der Waals surface area contributed by atoms with Gasteiger partial charge in [-0.2, -0.15) is 0 Å². The third kappa shape index (κ3) is 2.80. The van der Waals surface area contributed by atoms with Gasteiger partial charge in [0.1, 0.15) is 0 Å². The van der Waals surface area contributed by atoms with Crippen molar-refractivity contribution in [3.8, 4) is 0 Å². The van der Waals surface area contributed by atoms with Crippen LogP contribution in [0.4, 0.5) is 8.78 Å². The van der Waals surface area contributed by atoms with Gasteiger partial charge in [-0.3, -0.25) is 4.98 Å². The SMILES string of the molecule is Cc1ccncc1C(O)C1CCC(F)(F)CC1. The van der Waals surface area contributed by atoms with Gasteiger partial charge in [0, 0.05) is 30.8 Å². The number of aliphatic hydroxyl groups is 1. The third-order valence-electron chi connectivity index (χ3n) is 3.61. The molecule has 0 spiro atoms. The normalized spacial score (nSPS) is 22.4. The van der Waals surface area contributed by atoms with Gasteiger partial charge in [0.05, 0.1) is 6.10 Å². The number of pyridine rings is 1. The Hall–Kier alpha value is -1.03. The number of aryl methyl sites for hydroxylation is 1. The van der Waals surface area contributed by atoms with E-state index in [2.05, 4.69) is 4.98 Å². The lowest BCUT2D eigenvalue weighted by molar-refractivity contribution is -0.0628. The lowest BCUT2D eigenvalue weighted by atomic mass is 9.80. The van der Waals surface area contributed by atoms with Crippen LogP contribution >= 0.6 is 0 Å². The molecular weight excluding hydrogens is 224 g/mol. The molecule has 1 heterocycles. The molecule has 2 rings (SSSR count). The van der Waals surface area contributed by atoms with E-state index in [0.29, 0.717) is 12.8 Å². The third-order valence-corrected chi connectivity index (χ3v) is 3.61. The maximum absolute atomic E-state index is 13.0. The molecule has 1 aromatic rings. The fourth-order valence-electron chi connectivity index (χ4n) is 2.42. The first kappa shape index (κ1) is 12.4. The molecule has 0 aliphatic heterocycles. The molecule has 1 aromatic heterocycles. The molecule has 2 nitrogen and oxygen atoms in total. The van der Waals surface area contributed by atoms with Crippen molar-refractivity contribution in [2.24, 2.45) is 5.92 Å². The molecular formula is C13H17F2NO. The highest BCUT2D eigenvalue weighted by atomic mass is 19.3. The van der Waals surface area contributed by atoms with Gasteiger partial charge in [0.25, 0.3) is 0 Å². The summed E-state index contributed by atoms with van der Waals surface area (Å²) in [6.45, 7) is 1.90. The Morgan fingerprint density at radius 3 is 2.65 bits per heavy atom. The smallest absolute Gasteiger partial charge is 0.248 e. The van der Waals surface area contributed by atoms with Crippen LogP contribution in [0.5, 0.6) is 0 Å². The summed E-state index contributed by atoms with van der Waals surface area (Å²) in [4.78, 5) is 3.98. The largest absolute Gasteiger partial charge is 0.388 e. The first-order valence-corrected chi connectivity index (χ1v) is 5.96. The molecule has 1 atom stereocenters. The summed E-state index contributed by atoms with van der Waals surface area (Å²) in [6.07, 6.45) is 3.15. The zero-order chi connectivity index (χ0) is 12.5. The van der Waals surface area contributed by atoms with Crippen LogP contribution in [-0.4, -0.2) is 16.0 Å². The Morgan fingerprint density at radius 2 is 2.06 bits per heavy atom. The van der Waals surface area contributed by atoms with Crippen LogP contribution in [0.3, 0.4) is 0 Å². The summed E-state index contributed by atoms with van der Waals surface area (Å²) in [5, 5.41) is 10.2. The number of hydrogen-bond acceptors (Lipinski definition) is 2. The molecule has 0 bridgehead atoms. The zero-order valence-electron chi connectivity index (χ0n) is 9.87. The van der Waals surface area contributed by atoms with Crippen LogP contribution in [0.1, 0.15) is 42.9 Å². The Morgan fingerprint density at radius 1 is 1.41 bits per heavy atom. The Balaban J connectivity index is 2.07. The molecule has 17 heavy (non-hydrogen) atoms. The van der Waals surface area contributed by atoms with Crippen LogP contribution in [0.25, 0.3) is 0 Å². The number of halogens is 2. The molecule has 1 saturated carbocycles. The summed E-state index contributed by atoms with van der Waals surface area (Å²) in [5.74, 6) is -2.61. The summed E-state index contributed by atoms with van der Waals surface area (Å²) in [7, 11) is 0. The van der Waals surface area contributed by atoms with E-state index < -0.39 is 12.0 Å². The number of alkyl halides is 2. The molecule has 0 aromatic carbocycles. The van der Waals surface area contributed by atoms with Crippen molar-refractivity contribution >= 4 is 0 Å². The summed E-state index contributed by atoms with van der Waals surface area (Å²) >= 11 is 0. The second-order valence-corrected chi connectivity index (χ2v) is 4.87. The van der Waals surface area contributed by atoms with E-state index in [1.807, 2.05) is 13.0 Å². The van der Waals surface area contributed by atoms with Crippen molar-refractivity contribution in [3.63, 3.8) is 0 Å². The van der Waals surface area contributed by atoms with Crippen LogP contribution in [0, 0.1) is 12.8 Å². The summed E-state index contributed by atoms with van der Waals surface area (Å²) < 4.78 is 26.1. The lowest BCUT2D eigenvalue weighted by Crippen LogP contribution is -2.28. The first-order chi connectivity index (χ1) is 7.99. The van der Waals surface area contributed by atoms with Gasteiger partial charge in [-0.15, -0.1) is 0 Å². The van der Waals surface area contributed by atoms with Crippen molar-refractivity contribution in [2.45, 2.75) is 44.6 Å². The van der Waals surface area contributed by atoms with Gasteiger partial charge < -0.3 is 5.11 Å². The molecule has 94 valence electrons. The summed E-state index contributed by atoms with van der Waals surface area (Å²) in [6, 6.07) is 1.83. The first-order valence-electron chi connectivity index (χ1n) is 5.96. The van der Waals surface area contributed by atoms with E-state index in [9.17, 15) is 13.9 Å². The fraction of sp³-hybridized carbons (Fsp3) is 0.615. The molecule has 1 aliphatic carbocycles. The van der Waals surface area contributed by atoms with E-state index in [1.165, 1.54) is 0 Å². The Labute approximate surface area is 99.7 Å². The fourth-order valence-corrected chi connectivity index (χ4v) is 2.42. The van der Waals surface area contributed by atoms with Gasteiger partial charge in [0.2, 0.25) is 5.92 Å². The van der Waals surface area contributed by atoms with Crippen molar-refractivity contribution in [2.75, 3.05) is 0 Å². The predicted molar refractivity (Wildman–Crippen MR) is 60.8 cm³/mol. The van der Waals surface area contributed by atoms with Crippen LogP contribution < -0.4 is 0 Å². The number of hydrogen-bond donors (Lipinski definition) is 1. The van der Waals surface area contributed by atoms with Gasteiger partial charge in [0.15, 0.2) is 0 Å². The van der Waals surface area contributed by atoms with E-state index in [0.717, 1.165) is 11.1 Å². The number of rotatable bonds is 2. The number of aliphatic hydroxyl groups excluding tert-OH is 1. The average Bonchev–Trinajstić information content (AvgIpc) is 2.29. The molecule has 4 heteroatoms. The lowest BCUT2D eigenvalue weighted by Gasteiger charge is -2.31. The molecule has 0 amide bonds. The van der Waals surface area contributed by atoms with Crippen molar-refractivity contribution in [3.05, 3.63) is 29.6 Å². The van der Waals surface area contributed by atoms with Crippen LogP contribution in [0.15, 0.2) is 18.5 Å². The van der Waals surface area contributed by atoms with Gasteiger partial charge >= 0.3 is 0 Å². The second kappa shape index (κ2) is 4.69. The number of nitrogens with zero attached hydrogens (tertiary/aromatic N) is 1. The van der Waals surface area contributed by atoms with Crippen LogP contribution in [-0.2, 0) is 0 Å². The average molecular weight is 241 g/mol. The topological polar surface area (TPSA) is 33.1 Å². The van der Waals surface area contributed by atoms with Crippen molar-refractivity contribution < 1.29 is 13.9 Å². The maximum atomic E-state index is 13.0. The highest BCUT2D eigenvalue weighted by Gasteiger charge is 2.37. The molecule has 1 fully saturated rings. The van der Waals surface area contributed by atoms with Gasteiger partial charge in [-0.25, -0.2) is 8.78 Å². The molecule has 1 N–H and O–H groups in total. The Kier molecular flexibility index (Phi) is 3.43.